The molecule has 0 saturated heterocycles. The summed E-state index contributed by atoms with van der Waals surface area (Å²) in [6, 6.07) is 12.9. The SMILES string of the molecule is CCOc1ccccc1OCC(=O)Nc1cccc(S(=O)(=O)Nc2cn[nH]c2)c1. The van der Waals surface area contributed by atoms with Crippen LogP contribution in [0.5, 0.6) is 11.5 Å². The molecule has 0 fully saturated rings. The van der Waals surface area contributed by atoms with Crippen molar-refractivity contribution in [2.75, 3.05) is 23.3 Å². The van der Waals surface area contributed by atoms with Crippen molar-refractivity contribution in [3.05, 3.63) is 60.9 Å². The van der Waals surface area contributed by atoms with Crippen molar-refractivity contribution < 1.29 is 22.7 Å². The number of carbonyl (C=O) groups is 1. The van der Waals surface area contributed by atoms with Gasteiger partial charge in [0.1, 0.15) is 0 Å². The van der Waals surface area contributed by atoms with Crippen molar-refractivity contribution in [1.82, 2.24) is 10.2 Å². The predicted molar refractivity (Wildman–Crippen MR) is 108 cm³/mol. The van der Waals surface area contributed by atoms with Gasteiger partial charge in [0.05, 0.1) is 23.4 Å². The van der Waals surface area contributed by atoms with E-state index in [4.69, 9.17) is 9.47 Å². The number of aromatic nitrogens is 2. The van der Waals surface area contributed by atoms with Gasteiger partial charge in [0, 0.05) is 11.9 Å². The van der Waals surface area contributed by atoms with Gasteiger partial charge in [-0.25, -0.2) is 8.42 Å². The second-order valence-corrected chi connectivity index (χ2v) is 7.52. The number of hydrogen-bond donors (Lipinski definition) is 3. The molecule has 0 bridgehead atoms. The van der Waals surface area contributed by atoms with Crippen LogP contribution in [-0.4, -0.2) is 37.7 Å². The number of carbonyl (C=O) groups excluding carboxylic acids is 1. The van der Waals surface area contributed by atoms with Crippen LogP contribution in [0.1, 0.15) is 6.92 Å². The Morgan fingerprint density at radius 3 is 2.52 bits per heavy atom. The lowest BCUT2D eigenvalue weighted by atomic mass is 10.3. The van der Waals surface area contributed by atoms with E-state index in [0.29, 0.717) is 29.5 Å². The zero-order valence-electron chi connectivity index (χ0n) is 15.6. The molecule has 0 radical (unpaired) electrons. The first-order chi connectivity index (χ1) is 14.0. The first-order valence-corrected chi connectivity index (χ1v) is 10.2. The normalized spacial score (nSPS) is 10.9. The molecule has 3 rings (SSSR count). The van der Waals surface area contributed by atoms with E-state index in [2.05, 4.69) is 20.2 Å². The van der Waals surface area contributed by atoms with Crippen molar-refractivity contribution in [3.63, 3.8) is 0 Å². The van der Waals surface area contributed by atoms with Crippen LogP contribution < -0.4 is 19.5 Å². The molecule has 3 N–H and O–H groups in total. The van der Waals surface area contributed by atoms with Gasteiger partial charge in [-0.1, -0.05) is 18.2 Å². The fourth-order valence-electron chi connectivity index (χ4n) is 2.45. The number of ether oxygens (including phenoxy) is 2. The summed E-state index contributed by atoms with van der Waals surface area (Å²) in [5.74, 6) is 0.556. The minimum atomic E-state index is -3.82. The number of rotatable bonds is 9. The molecule has 0 aliphatic rings. The van der Waals surface area contributed by atoms with Crippen LogP contribution in [-0.2, 0) is 14.8 Å². The first-order valence-electron chi connectivity index (χ1n) is 8.74. The summed E-state index contributed by atoms with van der Waals surface area (Å²) in [4.78, 5) is 12.2. The maximum absolute atomic E-state index is 12.4. The van der Waals surface area contributed by atoms with Gasteiger partial charge in [-0.15, -0.1) is 0 Å². The van der Waals surface area contributed by atoms with Gasteiger partial charge in [0.15, 0.2) is 18.1 Å². The van der Waals surface area contributed by atoms with Crippen LogP contribution in [0.2, 0.25) is 0 Å². The molecule has 2 aromatic carbocycles. The number of benzene rings is 2. The molecular formula is C19H20N4O5S. The highest BCUT2D eigenvalue weighted by molar-refractivity contribution is 7.92. The molecule has 1 heterocycles. The maximum atomic E-state index is 12.4. The summed E-state index contributed by atoms with van der Waals surface area (Å²) >= 11 is 0. The minimum absolute atomic E-state index is 0.000824. The van der Waals surface area contributed by atoms with Crippen LogP contribution in [0, 0.1) is 0 Å². The van der Waals surface area contributed by atoms with E-state index in [-0.39, 0.29) is 11.5 Å². The molecule has 3 aromatic rings. The van der Waals surface area contributed by atoms with E-state index in [9.17, 15) is 13.2 Å². The fraction of sp³-hybridized carbons (Fsp3) is 0.158. The smallest absolute Gasteiger partial charge is 0.262 e. The molecule has 0 atom stereocenters. The molecule has 0 unspecified atom stereocenters. The largest absolute Gasteiger partial charge is 0.490 e. The lowest BCUT2D eigenvalue weighted by Crippen LogP contribution is -2.21. The molecule has 10 heteroatoms. The number of sulfonamides is 1. The first kappa shape index (κ1) is 20.2. The van der Waals surface area contributed by atoms with Gasteiger partial charge < -0.3 is 14.8 Å². The monoisotopic (exact) mass is 416 g/mol. The quantitative estimate of drug-likeness (QED) is 0.493. The Hall–Kier alpha value is -3.53. The van der Waals surface area contributed by atoms with E-state index in [1.165, 1.54) is 30.6 Å². The summed E-state index contributed by atoms with van der Waals surface area (Å²) in [7, 11) is -3.82. The number of amides is 1. The summed E-state index contributed by atoms with van der Waals surface area (Å²) in [6.45, 7) is 2.07. The van der Waals surface area contributed by atoms with Crippen molar-refractivity contribution in [2.24, 2.45) is 0 Å². The van der Waals surface area contributed by atoms with Crippen molar-refractivity contribution in [3.8, 4) is 11.5 Å². The predicted octanol–water partition coefficient (Wildman–Crippen LogP) is 2.63. The Balaban J connectivity index is 1.63. The molecule has 9 nitrogen and oxygen atoms in total. The molecule has 0 saturated carbocycles. The van der Waals surface area contributed by atoms with Crippen molar-refractivity contribution in [2.45, 2.75) is 11.8 Å². The van der Waals surface area contributed by atoms with Crippen LogP contribution in [0.15, 0.2) is 65.8 Å². The molecule has 0 spiro atoms. The summed E-state index contributed by atoms with van der Waals surface area (Å²) in [5, 5.41) is 8.83. The highest BCUT2D eigenvalue weighted by Crippen LogP contribution is 2.26. The number of nitrogens with zero attached hydrogens (tertiary/aromatic N) is 1. The van der Waals surface area contributed by atoms with Gasteiger partial charge in [-0.05, 0) is 37.3 Å². The van der Waals surface area contributed by atoms with E-state index in [1.54, 1.807) is 30.3 Å². The van der Waals surface area contributed by atoms with Gasteiger partial charge in [-0.3, -0.25) is 14.6 Å². The summed E-state index contributed by atoms with van der Waals surface area (Å²) in [6.07, 6.45) is 2.77. The number of H-pyrrole nitrogens is 1. The van der Waals surface area contributed by atoms with Gasteiger partial charge in [0.25, 0.3) is 15.9 Å². The van der Waals surface area contributed by atoms with E-state index >= 15 is 0 Å². The summed E-state index contributed by atoms with van der Waals surface area (Å²) < 4.78 is 38.2. The topological polar surface area (TPSA) is 122 Å². The number of para-hydroxylation sites is 2. The van der Waals surface area contributed by atoms with E-state index in [0.717, 1.165) is 0 Å². The third-order valence-electron chi connectivity index (χ3n) is 3.69. The number of nitrogens with one attached hydrogen (secondary N) is 3. The second kappa shape index (κ2) is 9.11. The average Bonchev–Trinajstić information content (AvgIpc) is 3.20. The van der Waals surface area contributed by atoms with Gasteiger partial charge in [-0.2, -0.15) is 5.10 Å². The second-order valence-electron chi connectivity index (χ2n) is 5.84. The van der Waals surface area contributed by atoms with Crippen molar-refractivity contribution >= 4 is 27.3 Å². The Morgan fingerprint density at radius 1 is 1.07 bits per heavy atom. The Bertz CT molecular complexity index is 1070. The third-order valence-corrected chi connectivity index (χ3v) is 5.07. The van der Waals surface area contributed by atoms with E-state index < -0.39 is 15.9 Å². The zero-order valence-corrected chi connectivity index (χ0v) is 16.4. The molecule has 0 aliphatic carbocycles. The van der Waals surface area contributed by atoms with Crippen LogP contribution >= 0.6 is 0 Å². The lowest BCUT2D eigenvalue weighted by Gasteiger charge is -2.12. The van der Waals surface area contributed by atoms with Crippen LogP contribution in [0.25, 0.3) is 0 Å². The fourth-order valence-corrected chi connectivity index (χ4v) is 3.53. The molecule has 152 valence electrons. The molecule has 1 amide bonds. The Morgan fingerprint density at radius 2 is 1.83 bits per heavy atom. The van der Waals surface area contributed by atoms with E-state index in [1.807, 2.05) is 6.92 Å². The molecule has 0 aliphatic heterocycles. The standard InChI is InChI=1S/C19H20N4O5S/c1-2-27-17-8-3-4-9-18(17)28-13-19(24)22-14-6-5-7-16(10-14)29(25,26)23-15-11-20-21-12-15/h3-12,23H,2,13H2,1H3,(H,20,21)(H,22,24). The number of anilines is 2. The van der Waals surface area contributed by atoms with Gasteiger partial charge in [0.2, 0.25) is 0 Å². The molecule has 1 aromatic heterocycles. The number of aromatic amines is 1. The van der Waals surface area contributed by atoms with Crippen LogP contribution in [0.4, 0.5) is 11.4 Å². The maximum Gasteiger partial charge on any atom is 0.262 e. The highest BCUT2D eigenvalue weighted by Gasteiger charge is 2.16. The third kappa shape index (κ3) is 5.48. The zero-order chi connectivity index (χ0) is 20.7. The number of hydrogen-bond acceptors (Lipinski definition) is 6. The Labute approximate surface area is 168 Å². The van der Waals surface area contributed by atoms with Crippen molar-refractivity contribution in [1.29, 1.82) is 0 Å². The minimum Gasteiger partial charge on any atom is -0.490 e. The highest BCUT2D eigenvalue weighted by atomic mass is 32.2. The molecule has 29 heavy (non-hydrogen) atoms. The molecular weight excluding hydrogens is 396 g/mol. The average molecular weight is 416 g/mol. The van der Waals surface area contributed by atoms with Gasteiger partial charge >= 0.3 is 0 Å². The van der Waals surface area contributed by atoms with Crippen LogP contribution in [0.3, 0.4) is 0 Å². The summed E-state index contributed by atoms with van der Waals surface area (Å²) in [5.41, 5.74) is 0.632. The lowest BCUT2D eigenvalue weighted by molar-refractivity contribution is -0.118. The Kier molecular flexibility index (Phi) is 6.35.